The van der Waals surface area contributed by atoms with Crippen LogP contribution < -0.4 is 0 Å². The molecule has 1 aliphatic heterocycles. The SMILES string of the molecule is CCCC1N(Cc2ccccc2)C(=O)C12CCCC(=O)C2. The van der Waals surface area contributed by atoms with Crippen molar-refractivity contribution in [1.29, 1.82) is 0 Å². The molecule has 0 radical (unpaired) electrons. The van der Waals surface area contributed by atoms with Gasteiger partial charge < -0.3 is 4.90 Å². The average Bonchev–Trinajstić information content (AvgIpc) is 2.51. The quantitative estimate of drug-likeness (QED) is 0.796. The maximum absolute atomic E-state index is 12.7. The molecular formula is C18H23NO2. The van der Waals surface area contributed by atoms with Crippen LogP contribution in [0.4, 0.5) is 0 Å². The number of ketones is 1. The highest BCUT2D eigenvalue weighted by atomic mass is 16.2. The Kier molecular flexibility index (Phi) is 3.83. The minimum Gasteiger partial charge on any atom is -0.334 e. The Hall–Kier alpha value is -1.64. The van der Waals surface area contributed by atoms with Crippen molar-refractivity contribution in [2.45, 2.75) is 58.0 Å². The number of Topliss-reactive ketones (excluding diaryl/α,β-unsaturated/α-hetero) is 1. The Morgan fingerprint density at radius 1 is 1.24 bits per heavy atom. The van der Waals surface area contributed by atoms with Crippen LogP contribution in [-0.2, 0) is 16.1 Å². The van der Waals surface area contributed by atoms with E-state index in [1.807, 2.05) is 23.1 Å². The van der Waals surface area contributed by atoms with E-state index in [1.54, 1.807) is 0 Å². The van der Waals surface area contributed by atoms with Crippen LogP contribution >= 0.6 is 0 Å². The smallest absolute Gasteiger partial charge is 0.231 e. The summed E-state index contributed by atoms with van der Waals surface area (Å²) in [5.74, 6) is 0.480. The summed E-state index contributed by atoms with van der Waals surface area (Å²) in [7, 11) is 0. The molecule has 21 heavy (non-hydrogen) atoms. The topological polar surface area (TPSA) is 37.4 Å². The summed E-state index contributed by atoms with van der Waals surface area (Å²) in [6, 6.07) is 10.4. The van der Waals surface area contributed by atoms with Crippen LogP contribution in [-0.4, -0.2) is 22.6 Å². The lowest BCUT2D eigenvalue weighted by atomic mass is 9.60. The number of rotatable bonds is 4. The van der Waals surface area contributed by atoms with Crippen LogP contribution in [0.5, 0.6) is 0 Å². The van der Waals surface area contributed by atoms with Crippen molar-refractivity contribution in [3.05, 3.63) is 35.9 Å². The third kappa shape index (κ3) is 2.39. The van der Waals surface area contributed by atoms with Crippen molar-refractivity contribution in [2.24, 2.45) is 5.41 Å². The molecule has 1 amide bonds. The second-order valence-electron chi connectivity index (χ2n) is 6.45. The summed E-state index contributed by atoms with van der Waals surface area (Å²) in [6.07, 6.45) is 4.97. The molecule has 1 aliphatic carbocycles. The molecule has 0 aromatic heterocycles. The van der Waals surface area contributed by atoms with Gasteiger partial charge in [-0.2, -0.15) is 0 Å². The maximum Gasteiger partial charge on any atom is 0.231 e. The molecular weight excluding hydrogens is 262 g/mol. The van der Waals surface area contributed by atoms with Crippen LogP contribution in [0.25, 0.3) is 0 Å². The number of carbonyl (C=O) groups excluding carboxylic acids is 2. The number of hydrogen-bond acceptors (Lipinski definition) is 2. The summed E-state index contributed by atoms with van der Waals surface area (Å²) in [5.41, 5.74) is 0.809. The molecule has 1 saturated carbocycles. The standard InChI is InChI=1S/C18H23NO2/c1-2-7-16-18(11-6-10-15(20)12-18)17(21)19(16)13-14-8-4-3-5-9-14/h3-5,8-9,16H,2,6-7,10-13H2,1H3. The van der Waals surface area contributed by atoms with Gasteiger partial charge in [-0.05, 0) is 24.8 Å². The van der Waals surface area contributed by atoms with Crippen molar-refractivity contribution >= 4 is 11.7 Å². The molecule has 0 N–H and O–H groups in total. The molecule has 112 valence electrons. The zero-order valence-electron chi connectivity index (χ0n) is 12.7. The van der Waals surface area contributed by atoms with Gasteiger partial charge in [0.05, 0.1) is 5.41 Å². The van der Waals surface area contributed by atoms with Gasteiger partial charge >= 0.3 is 0 Å². The van der Waals surface area contributed by atoms with Crippen LogP contribution in [0.15, 0.2) is 30.3 Å². The zero-order valence-corrected chi connectivity index (χ0v) is 12.7. The molecule has 2 unspecified atom stereocenters. The lowest BCUT2D eigenvalue weighted by Crippen LogP contribution is -2.69. The molecule has 3 rings (SSSR count). The molecule has 1 aromatic carbocycles. The number of carbonyl (C=O) groups is 2. The van der Waals surface area contributed by atoms with Gasteiger partial charge in [0.2, 0.25) is 5.91 Å². The minimum atomic E-state index is -0.361. The van der Waals surface area contributed by atoms with E-state index >= 15 is 0 Å². The summed E-state index contributed by atoms with van der Waals surface area (Å²) in [5, 5.41) is 0. The first-order chi connectivity index (χ1) is 10.2. The number of benzene rings is 1. The molecule has 1 heterocycles. The van der Waals surface area contributed by atoms with E-state index in [0.29, 0.717) is 19.4 Å². The summed E-state index contributed by atoms with van der Waals surface area (Å²) in [4.78, 5) is 26.6. The molecule has 0 bridgehead atoms. The highest BCUT2D eigenvalue weighted by Gasteiger charge is 2.60. The Labute approximate surface area is 126 Å². The summed E-state index contributed by atoms with van der Waals surface area (Å²) >= 11 is 0. The second kappa shape index (κ2) is 5.63. The fraction of sp³-hybridized carbons (Fsp3) is 0.556. The maximum atomic E-state index is 12.7. The van der Waals surface area contributed by atoms with Gasteiger partial charge in [0, 0.05) is 25.4 Å². The van der Waals surface area contributed by atoms with Crippen molar-refractivity contribution in [3.8, 4) is 0 Å². The van der Waals surface area contributed by atoms with E-state index in [2.05, 4.69) is 19.1 Å². The van der Waals surface area contributed by atoms with E-state index < -0.39 is 0 Å². The highest BCUT2D eigenvalue weighted by Crippen LogP contribution is 2.51. The third-order valence-electron chi connectivity index (χ3n) is 5.05. The number of nitrogens with zero attached hydrogens (tertiary/aromatic N) is 1. The van der Waals surface area contributed by atoms with Gasteiger partial charge in [-0.25, -0.2) is 0 Å². The molecule has 3 heteroatoms. The molecule has 3 nitrogen and oxygen atoms in total. The summed E-state index contributed by atoms with van der Waals surface area (Å²) < 4.78 is 0. The first-order valence-corrected chi connectivity index (χ1v) is 8.04. The van der Waals surface area contributed by atoms with E-state index in [4.69, 9.17) is 0 Å². The molecule has 1 aromatic rings. The van der Waals surface area contributed by atoms with E-state index in [1.165, 1.54) is 5.56 Å². The third-order valence-corrected chi connectivity index (χ3v) is 5.05. The van der Waals surface area contributed by atoms with Crippen LogP contribution in [0, 0.1) is 5.41 Å². The van der Waals surface area contributed by atoms with Gasteiger partial charge in [0.15, 0.2) is 0 Å². The van der Waals surface area contributed by atoms with Gasteiger partial charge in [0.25, 0.3) is 0 Å². The number of likely N-dealkylation sites (tertiary alicyclic amines) is 1. The van der Waals surface area contributed by atoms with Crippen molar-refractivity contribution < 1.29 is 9.59 Å². The van der Waals surface area contributed by atoms with E-state index in [-0.39, 0.29) is 23.1 Å². The number of β-lactam (4-membered cyclic amide) rings is 1. The van der Waals surface area contributed by atoms with Gasteiger partial charge in [-0.1, -0.05) is 43.7 Å². The Morgan fingerprint density at radius 2 is 2.00 bits per heavy atom. The predicted molar refractivity (Wildman–Crippen MR) is 81.6 cm³/mol. The number of hydrogen-bond donors (Lipinski definition) is 0. The van der Waals surface area contributed by atoms with Crippen LogP contribution in [0.2, 0.25) is 0 Å². The molecule has 2 aliphatic rings. The fourth-order valence-electron chi connectivity index (χ4n) is 4.07. The first kappa shape index (κ1) is 14.3. The summed E-state index contributed by atoms with van der Waals surface area (Å²) in [6.45, 7) is 2.84. The Morgan fingerprint density at radius 3 is 2.67 bits per heavy atom. The lowest BCUT2D eigenvalue weighted by molar-refractivity contribution is -0.181. The molecule has 2 fully saturated rings. The first-order valence-electron chi connectivity index (χ1n) is 8.04. The molecule has 1 spiro atoms. The van der Waals surface area contributed by atoms with E-state index in [9.17, 15) is 9.59 Å². The van der Waals surface area contributed by atoms with Gasteiger partial charge in [-0.15, -0.1) is 0 Å². The lowest BCUT2D eigenvalue weighted by Gasteiger charge is -2.57. The van der Waals surface area contributed by atoms with Gasteiger partial charge in [0.1, 0.15) is 5.78 Å². The van der Waals surface area contributed by atoms with Crippen molar-refractivity contribution in [2.75, 3.05) is 0 Å². The Bertz CT molecular complexity index is 539. The zero-order chi connectivity index (χ0) is 14.9. The van der Waals surface area contributed by atoms with Crippen LogP contribution in [0.1, 0.15) is 51.0 Å². The molecule has 1 saturated heterocycles. The number of amides is 1. The van der Waals surface area contributed by atoms with Crippen molar-refractivity contribution in [1.82, 2.24) is 4.90 Å². The van der Waals surface area contributed by atoms with Crippen molar-refractivity contribution in [3.63, 3.8) is 0 Å². The Balaban J connectivity index is 1.79. The highest BCUT2D eigenvalue weighted by molar-refractivity contribution is 5.96. The fourth-order valence-corrected chi connectivity index (χ4v) is 4.07. The monoisotopic (exact) mass is 285 g/mol. The van der Waals surface area contributed by atoms with Gasteiger partial charge in [-0.3, -0.25) is 9.59 Å². The average molecular weight is 285 g/mol. The second-order valence-corrected chi connectivity index (χ2v) is 6.45. The van der Waals surface area contributed by atoms with Crippen LogP contribution in [0.3, 0.4) is 0 Å². The molecule has 2 atom stereocenters. The largest absolute Gasteiger partial charge is 0.334 e. The minimum absolute atomic E-state index is 0.206. The predicted octanol–water partition coefficient (Wildman–Crippen LogP) is 3.33. The normalized spacial score (nSPS) is 28.8. The van der Waals surface area contributed by atoms with E-state index in [0.717, 1.165) is 25.7 Å².